The number of ether oxygens (including phenoxy) is 1. The maximum atomic E-state index is 6.29. The molecule has 1 aromatic heterocycles. The van der Waals surface area contributed by atoms with Crippen molar-refractivity contribution in [3.63, 3.8) is 0 Å². The second-order valence-electron chi connectivity index (χ2n) is 4.91. The zero-order valence-corrected chi connectivity index (χ0v) is 12.2. The second kappa shape index (κ2) is 5.81. The minimum Gasteiger partial charge on any atom is -0.493 e. The molecule has 0 saturated carbocycles. The Morgan fingerprint density at radius 1 is 1.30 bits per heavy atom. The van der Waals surface area contributed by atoms with Gasteiger partial charge in [-0.25, -0.2) is 0 Å². The summed E-state index contributed by atoms with van der Waals surface area (Å²) >= 11 is 6.29. The Kier molecular flexibility index (Phi) is 3.90. The summed E-state index contributed by atoms with van der Waals surface area (Å²) in [5.41, 5.74) is 3.43. The van der Waals surface area contributed by atoms with Gasteiger partial charge in [0.1, 0.15) is 5.75 Å². The molecule has 1 aliphatic heterocycles. The van der Waals surface area contributed by atoms with Crippen molar-refractivity contribution in [2.45, 2.75) is 18.9 Å². The number of aromatic nitrogens is 1. The number of aryl methyl sites for hydroxylation is 1. The molecule has 1 atom stereocenters. The quantitative estimate of drug-likeness (QED) is 0.940. The zero-order chi connectivity index (χ0) is 13.9. The Labute approximate surface area is 123 Å². The minimum absolute atomic E-state index is 0.0125. The molecule has 0 bridgehead atoms. The molecule has 0 radical (unpaired) electrons. The Morgan fingerprint density at radius 2 is 2.20 bits per heavy atom. The number of para-hydroxylation sites is 1. The van der Waals surface area contributed by atoms with Gasteiger partial charge < -0.3 is 10.1 Å². The monoisotopic (exact) mass is 288 g/mol. The van der Waals surface area contributed by atoms with Crippen LogP contribution in [0, 0.1) is 0 Å². The van der Waals surface area contributed by atoms with Crippen molar-refractivity contribution >= 4 is 11.6 Å². The van der Waals surface area contributed by atoms with Crippen molar-refractivity contribution in [1.29, 1.82) is 0 Å². The molecule has 0 saturated heterocycles. The molecule has 1 aliphatic rings. The van der Waals surface area contributed by atoms with Gasteiger partial charge >= 0.3 is 0 Å². The van der Waals surface area contributed by atoms with Crippen LogP contribution in [-0.2, 0) is 6.42 Å². The van der Waals surface area contributed by atoms with Crippen LogP contribution in [0.25, 0.3) is 0 Å². The SMILES string of the molecule is CNC(c1ccncc1Cl)c1cccc2c1OCCC2. The van der Waals surface area contributed by atoms with E-state index in [4.69, 9.17) is 16.3 Å². The lowest BCUT2D eigenvalue weighted by Gasteiger charge is -2.25. The number of hydrogen-bond donors (Lipinski definition) is 1. The number of nitrogens with one attached hydrogen (secondary N) is 1. The largest absolute Gasteiger partial charge is 0.493 e. The molecule has 3 rings (SSSR count). The Morgan fingerprint density at radius 3 is 3.00 bits per heavy atom. The van der Waals surface area contributed by atoms with E-state index in [0.29, 0.717) is 5.02 Å². The topological polar surface area (TPSA) is 34.2 Å². The molecule has 2 heterocycles. The Hall–Kier alpha value is -1.58. The van der Waals surface area contributed by atoms with Crippen LogP contribution in [0.3, 0.4) is 0 Å². The molecule has 1 unspecified atom stereocenters. The van der Waals surface area contributed by atoms with Crippen molar-refractivity contribution in [3.8, 4) is 5.75 Å². The summed E-state index contributed by atoms with van der Waals surface area (Å²) in [7, 11) is 1.93. The average molecular weight is 289 g/mol. The van der Waals surface area contributed by atoms with E-state index in [1.807, 2.05) is 13.1 Å². The third-order valence-electron chi connectivity index (χ3n) is 3.68. The van der Waals surface area contributed by atoms with E-state index < -0.39 is 0 Å². The molecule has 1 aromatic carbocycles. The van der Waals surface area contributed by atoms with E-state index in [1.54, 1.807) is 12.4 Å². The lowest BCUT2D eigenvalue weighted by Crippen LogP contribution is -2.21. The van der Waals surface area contributed by atoms with Gasteiger partial charge in [0.2, 0.25) is 0 Å². The molecule has 0 spiro atoms. The fourth-order valence-electron chi connectivity index (χ4n) is 2.74. The third-order valence-corrected chi connectivity index (χ3v) is 3.99. The highest BCUT2D eigenvalue weighted by Gasteiger charge is 2.22. The molecule has 0 fully saturated rings. The summed E-state index contributed by atoms with van der Waals surface area (Å²) in [4.78, 5) is 4.05. The van der Waals surface area contributed by atoms with Crippen molar-refractivity contribution in [2.75, 3.05) is 13.7 Å². The van der Waals surface area contributed by atoms with E-state index in [0.717, 1.165) is 36.3 Å². The molecule has 1 N–H and O–H groups in total. The summed E-state index contributed by atoms with van der Waals surface area (Å²) in [6.07, 6.45) is 5.60. The highest BCUT2D eigenvalue weighted by Crippen LogP contribution is 2.37. The number of halogens is 1. The van der Waals surface area contributed by atoms with Crippen LogP contribution < -0.4 is 10.1 Å². The van der Waals surface area contributed by atoms with E-state index in [9.17, 15) is 0 Å². The maximum Gasteiger partial charge on any atom is 0.127 e. The van der Waals surface area contributed by atoms with Crippen LogP contribution >= 0.6 is 11.6 Å². The summed E-state index contributed by atoms with van der Waals surface area (Å²) in [6.45, 7) is 0.782. The van der Waals surface area contributed by atoms with E-state index in [-0.39, 0.29) is 6.04 Å². The van der Waals surface area contributed by atoms with Crippen LogP contribution in [0.5, 0.6) is 5.75 Å². The van der Waals surface area contributed by atoms with Crippen LogP contribution in [0.15, 0.2) is 36.7 Å². The predicted octanol–water partition coefficient (Wildman–Crippen LogP) is 3.37. The van der Waals surface area contributed by atoms with Crippen LogP contribution in [0.4, 0.5) is 0 Å². The fourth-order valence-corrected chi connectivity index (χ4v) is 2.97. The first-order chi connectivity index (χ1) is 9.81. The lowest BCUT2D eigenvalue weighted by molar-refractivity contribution is 0.283. The van der Waals surface area contributed by atoms with Gasteiger partial charge in [-0.1, -0.05) is 29.8 Å². The second-order valence-corrected chi connectivity index (χ2v) is 5.31. The number of nitrogens with zero attached hydrogens (tertiary/aromatic N) is 1. The van der Waals surface area contributed by atoms with E-state index in [1.165, 1.54) is 5.56 Å². The molecule has 3 nitrogen and oxygen atoms in total. The molecular weight excluding hydrogens is 272 g/mol. The van der Waals surface area contributed by atoms with Gasteiger partial charge in [0.25, 0.3) is 0 Å². The fraction of sp³-hybridized carbons (Fsp3) is 0.312. The molecule has 20 heavy (non-hydrogen) atoms. The van der Waals surface area contributed by atoms with Crippen molar-refractivity contribution < 1.29 is 4.74 Å². The third kappa shape index (κ3) is 2.39. The maximum absolute atomic E-state index is 6.29. The first-order valence-corrected chi connectivity index (χ1v) is 7.20. The average Bonchev–Trinajstić information content (AvgIpc) is 2.50. The highest BCUT2D eigenvalue weighted by molar-refractivity contribution is 6.31. The van der Waals surface area contributed by atoms with Crippen LogP contribution in [-0.4, -0.2) is 18.6 Å². The molecular formula is C16H17ClN2O. The van der Waals surface area contributed by atoms with Gasteiger partial charge in [-0.15, -0.1) is 0 Å². The number of rotatable bonds is 3. The van der Waals surface area contributed by atoms with Gasteiger partial charge in [0.05, 0.1) is 17.7 Å². The first kappa shape index (κ1) is 13.4. The van der Waals surface area contributed by atoms with Gasteiger partial charge in [-0.2, -0.15) is 0 Å². The normalized spacial score (nSPS) is 15.3. The zero-order valence-electron chi connectivity index (χ0n) is 11.4. The molecule has 104 valence electrons. The number of benzene rings is 1. The molecule has 0 amide bonds. The van der Waals surface area contributed by atoms with Gasteiger partial charge in [-0.3, -0.25) is 4.98 Å². The van der Waals surface area contributed by atoms with E-state index >= 15 is 0 Å². The van der Waals surface area contributed by atoms with Crippen LogP contribution in [0.1, 0.15) is 29.2 Å². The van der Waals surface area contributed by atoms with E-state index in [2.05, 4.69) is 28.5 Å². The number of pyridine rings is 1. The Bertz CT molecular complexity index is 615. The standard InChI is InChI=1S/C16H17ClN2O/c1-18-15(12-7-8-19-10-14(12)17)13-6-2-4-11-5-3-9-20-16(11)13/h2,4,6-8,10,15,18H,3,5,9H2,1H3. The number of hydrogen-bond acceptors (Lipinski definition) is 3. The highest BCUT2D eigenvalue weighted by atomic mass is 35.5. The summed E-state index contributed by atoms with van der Waals surface area (Å²) in [6, 6.07) is 8.29. The summed E-state index contributed by atoms with van der Waals surface area (Å²) in [5.74, 6) is 1.01. The predicted molar refractivity (Wildman–Crippen MR) is 80.4 cm³/mol. The van der Waals surface area contributed by atoms with Crippen molar-refractivity contribution in [1.82, 2.24) is 10.3 Å². The molecule has 4 heteroatoms. The summed E-state index contributed by atoms with van der Waals surface area (Å²) < 4.78 is 5.90. The Balaban J connectivity index is 2.09. The van der Waals surface area contributed by atoms with Gasteiger partial charge in [0, 0.05) is 18.0 Å². The van der Waals surface area contributed by atoms with Gasteiger partial charge in [0.15, 0.2) is 0 Å². The van der Waals surface area contributed by atoms with Crippen molar-refractivity contribution in [3.05, 3.63) is 58.4 Å². The van der Waals surface area contributed by atoms with Crippen LogP contribution in [0.2, 0.25) is 5.02 Å². The minimum atomic E-state index is 0.0125. The van der Waals surface area contributed by atoms with Gasteiger partial charge in [-0.05, 0) is 37.1 Å². The summed E-state index contributed by atoms with van der Waals surface area (Å²) in [5, 5.41) is 4.00. The number of fused-ring (bicyclic) bond motifs is 1. The molecule has 0 aliphatic carbocycles. The first-order valence-electron chi connectivity index (χ1n) is 6.82. The van der Waals surface area contributed by atoms with Crippen molar-refractivity contribution in [2.24, 2.45) is 0 Å². The smallest absolute Gasteiger partial charge is 0.127 e. The lowest BCUT2D eigenvalue weighted by atomic mass is 9.94. The molecule has 2 aromatic rings.